The topological polar surface area (TPSA) is 168 Å². The zero-order chi connectivity index (χ0) is 36.3. The van der Waals surface area contributed by atoms with Crippen molar-refractivity contribution in [1.29, 1.82) is 15.8 Å². The minimum atomic E-state index is -0.143. The minimum absolute atomic E-state index is 0. The van der Waals surface area contributed by atoms with E-state index in [-0.39, 0.29) is 38.8 Å². The molecule has 0 aliphatic rings. The van der Waals surface area contributed by atoms with Gasteiger partial charge >= 0.3 is 0 Å². The van der Waals surface area contributed by atoms with Gasteiger partial charge in [0.15, 0.2) is 5.69 Å². The normalized spacial score (nSPS) is 9.87. The fourth-order valence-corrected chi connectivity index (χ4v) is 4.35. The summed E-state index contributed by atoms with van der Waals surface area (Å²) in [5.41, 5.74) is 6.62. The van der Waals surface area contributed by atoms with Crippen LogP contribution < -0.4 is 0 Å². The summed E-state index contributed by atoms with van der Waals surface area (Å²) in [5.74, 6) is 0. The molecule has 0 fully saturated rings. The summed E-state index contributed by atoms with van der Waals surface area (Å²) in [6.45, 7) is 11.4. The van der Waals surface area contributed by atoms with Crippen LogP contribution >= 0.6 is 0 Å². The van der Waals surface area contributed by atoms with E-state index in [0.29, 0.717) is 28.9 Å². The Labute approximate surface area is 326 Å². The first-order valence-electron chi connectivity index (χ1n) is 15.2. The Balaban J connectivity index is 0.000000207. The fourth-order valence-electron chi connectivity index (χ4n) is 4.35. The van der Waals surface area contributed by atoms with Gasteiger partial charge in [-0.1, -0.05) is 48.5 Å². The standard InChI is InChI=1S/C17H11N5.C10H8N4.C8H6N.C3H5N3.Y/c1-19-16-8-6-15(7-9-16)17(22-12-20-11-21-22)14-4-2-13(10-18)3-5-14;11-5-9-1-3-10(4-2-9)6-14-8-12-7-13-14;1-7-2-4-8(6-9)5-3-7;1-6-3-4-2-5-6;/h2-9,11-12,17H;1-4,7-8H,6H2;2-5H,1H2;2-3H,1H3;/q;;-1;;. The van der Waals surface area contributed by atoms with Crippen molar-refractivity contribution in [1.82, 2.24) is 44.3 Å². The predicted molar refractivity (Wildman–Crippen MR) is 188 cm³/mol. The van der Waals surface area contributed by atoms with Crippen molar-refractivity contribution >= 4 is 5.69 Å². The van der Waals surface area contributed by atoms with E-state index in [2.05, 4.69) is 54.2 Å². The second-order valence-corrected chi connectivity index (χ2v) is 10.5. The number of aromatic nitrogens is 9. The second kappa shape index (κ2) is 21.3. The molecule has 7 aromatic rings. The first-order valence-corrected chi connectivity index (χ1v) is 15.2. The van der Waals surface area contributed by atoms with Gasteiger partial charge in [-0.3, -0.25) is 4.68 Å². The maximum atomic E-state index is 8.92. The van der Waals surface area contributed by atoms with Gasteiger partial charge in [0.25, 0.3) is 0 Å². The average Bonchev–Trinajstić information content (AvgIpc) is 4.00. The number of aryl methyl sites for hydroxylation is 1. The number of benzene rings is 4. The molecule has 0 bridgehead atoms. The third kappa shape index (κ3) is 12.6. The maximum Gasteiger partial charge on any atom is 0.187 e. The van der Waals surface area contributed by atoms with Gasteiger partial charge in [-0.2, -0.15) is 55.7 Å². The molecule has 7 rings (SSSR count). The van der Waals surface area contributed by atoms with E-state index in [1.165, 1.54) is 19.0 Å². The van der Waals surface area contributed by atoms with Crippen LogP contribution in [0.25, 0.3) is 4.85 Å². The molecule has 0 saturated carbocycles. The van der Waals surface area contributed by atoms with Crippen molar-refractivity contribution in [3.05, 3.63) is 192 Å². The van der Waals surface area contributed by atoms with E-state index in [1.54, 1.807) is 81.6 Å². The molecule has 3 heterocycles. The van der Waals surface area contributed by atoms with Crippen molar-refractivity contribution in [2.75, 3.05) is 0 Å². The van der Waals surface area contributed by atoms with E-state index >= 15 is 0 Å². The summed E-state index contributed by atoms with van der Waals surface area (Å²) >= 11 is 0. The van der Waals surface area contributed by atoms with Crippen LogP contribution in [0, 0.1) is 47.5 Å². The van der Waals surface area contributed by atoms with E-state index in [1.807, 2.05) is 61.6 Å². The van der Waals surface area contributed by atoms with Gasteiger partial charge in [0.2, 0.25) is 0 Å². The summed E-state index contributed by atoms with van der Waals surface area (Å²) in [5, 5.41) is 37.8. The van der Waals surface area contributed by atoms with Crippen LogP contribution in [0.2, 0.25) is 0 Å². The molecule has 0 spiro atoms. The summed E-state index contributed by atoms with van der Waals surface area (Å²) in [4.78, 5) is 14.9. The Morgan fingerprint density at radius 1 is 0.654 bits per heavy atom. The van der Waals surface area contributed by atoms with Crippen LogP contribution in [0.3, 0.4) is 0 Å². The van der Waals surface area contributed by atoms with Crippen molar-refractivity contribution in [2.45, 2.75) is 12.6 Å². The van der Waals surface area contributed by atoms with Crippen molar-refractivity contribution in [3.63, 3.8) is 0 Å². The van der Waals surface area contributed by atoms with Gasteiger partial charge < -0.3 is 0 Å². The Morgan fingerprint density at radius 2 is 1.13 bits per heavy atom. The van der Waals surface area contributed by atoms with Crippen LogP contribution in [-0.4, -0.2) is 44.3 Å². The van der Waals surface area contributed by atoms with Crippen LogP contribution in [0.1, 0.15) is 45.0 Å². The predicted octanol–water partition coefficient (Wildman–Crippen LogP) is 6.09. The molecular formula is C38H30N13Y-. The SMILES string of the molecule is Cn1cncn1.N#Cc1ccc(Cn2cncn2)cc1.[C-]#[N+]c1ccc(C(c2ccc(C#N)cc2)n2cncn2)cc1.[CH2-]c1ccc(C#N)cc1.[Y]. The molecule has 1 radical (unpaired) electrons. The monoisotopic (exact) mass is 757 g/mol. The van der Waals surface area contributed by atoms with Gasteiger partial charge in [-0.15, -0.1) is 12.1 Å². The summed E-state index contributed by atoms with van der Waals surface area (Å²) in [7, 11) is 1.83. The third-order valence-corrected chi connectivity index (χ3v) is 6.91. The van der Waals surface area contributed by atoms with Crippen molar-refractivity contribution in [3.8, 4) is 18.2 Å². The molecule has 1 unspecified atom stereocenters. The zero-order valence-corrected chi connectivity index (χ0v) is 30.9. The molecular weight excluding hydrogens is 727 g/mol. The summed E-state index contributed by atoms with van der Waals surface area (Å²) in [6.07, 6.45) is 9.46. The van der Waals surface area contributed by atoms with Gasteiger partial charge in [-0.05, 0) is 41.0 Å². The Kier molecular flexibility index (Phi) is 16.3. The molecule has 0 aliphatic carbocycles. The first-order chi connectivity index (χ1) is 24.9. The fraction of sp³-hybridized carbons (Fsp3) is 0.0789. The minimum Gasteiger partial charge on any atom is -0.256 e. The van der Waals surface area contributed by atoms with Crippen LogP contribution in [0.5, 0.6) is 0 Å². The summed E-state index contributed by atoms with van der Waals surface area (Å²) < 4.78 is 5.13. The summed E-state index contributed by atoms with van der Waals surface area (Å²) in [6, 6.07) is 35.4. The largest absolute Gasteiger partial charge is 0.256 e. The molecule has 251 valence electrons. The van der Waals surface area contributed by atoms with E-state index in [4.69, 9.17) is 22.4 Å². The molecule has 3 aromatic heterocycles. The molecule has 0 saturated heterocycles. The van der Waals surface area contributed by atoms with Gasteiger partial charge in [0.05, 0.1) is 42.5 Å². The Hall–Kier alpha value is -6.77. The average molecular weight is 758 g/mol. The first kappa shape index (κ1) is 39.7. The van der Waals surface area contributed by atoms with E-state index in [0.717, 1.165) is 22.3 Å². The van der Waals surface area contributed by atoms with Crippen LogP contribution in [0.4, 0.5) is 5.69 Å². The van der Waals surface area contributed by atoms with Gasteiger partial charge in [0.1, 0.15) is 44.0 Å². The molecule has 0 N–H and O–H groups in total. The third-order valence-electron chi connectivity index (χ3n) is 6.91. The molecule has 0 aliphatic heterocycles. The Bertz CT molecular complexity index is 2140. The van der Waals surface area contributed by atoms with E-state index in [9.17, 15) is 0 Å². The van der Waals surface area contributed by atoms with Gasteiger partial charge in [-0.25, -0.2) is 29.2 Å². The number of hydrogen-bond acceptors (Lipinski definition) is 9. The quantitative estimate of drug-likeness (QED) is 0.189. The number of nitrogens with zero attached hydrogens (tertiary/aromatic N) is 13. The second-order valence-electron chi connectivity index (χ2n) is 10.5. The maximum absolute atomic E-state index is 8.92. The molecule has 14 heteroatoms. The van der Waals surface area contributed by atoms with Crippen LogP contribution in [-0.2, 0) is 46.3 Å². The number of hydrogen-bond donors (Lipinski definition) is 0. The van der Waals surface area contributed by atoms with Gasteiger partial charge in [0, 0.05) is 45.3 Å². The molecule has 1 atom stereocenters. The van der Waals surface area contributed by atoms with Crippen molar-refractivity contribution in [2.24, 2.45) is 7.05 Å². The number of nitriles is 3. The molecule has 13 nitrogen and oxygen atoms in total. The number of rotatable bonds is 5. The Morgan fingerprint density at radius 3 is 1.56 bits per heavy atom. The molecule has 4 aromatic carbocycles. The van der Waals surface area contributed by atoms with E-state index < -0.39 is 0 Å². The smallest absolute Gasteiger partial charge is 0.187 e. The molecule has 52 heavy (non-hydrogen) atoms. The van der Waals surface area contributed by atoms with Crippen LogP contribution in [0.15, 0.2) is 135 Å². The molecule has 0 amide bonds. The van der Waals surface area contributed by atoms with Crippen molar-refractivity contribution < 1.29 is 32.7 Å². The zero-order valence-electron chi connectivity index (χ0n) is 28.1.